The smallest absolute Gasteiger partial charge is 0.255 e. The summed E-state index contributed by atoms with van der Waals surface area (Å²) in [6.07, 6.45) is 4.41. The molecule has 0 fully saturated rings. The molecule has 4 heterocycles. The topological polar surface area (TPSA) is 141 Å². The first kappa shape index (κ1) is 25.7. The van der Waals surface area contributed by atoms with Crippen LogP contribution in [-0.4, -0.2) is 53.9 Å². The molecule has 0 aromatic carbocycles. The molecule has 1 unspecified atom stereocenters. The highest BCUT2D eigenvalue weighted by molar-refractivity contribution is 6.00. The van der Waals surface area contributed by atoms with Crippen LogP contribution in [0.5, 0.6) is 0 Å². The molecule has 190 valence electrons. The van der Waals surface area contributed by atoms with Crippen molar-refractivity contribution in [3.8, 4) is 17.5 Å². The first-order valence-corrected chi connectivity index (χ1v) is 11.8. The summed E-state index contributed by atoms with van der Waals surface area (Å²) in [5.74, 6) is 0.586. The minimum Gasteiger partial charge on any atom is -0.387 e. The second-order valence-corrected chi connectivity index (χ2v) is 9.09. The average Bonchev–Trinajstić information content (AvgIpc) is 3.30. The van der Waals surface area contributed by atoms with Gasteiger partial charge in [-0.1, -0.05) is 6.92 Å². The molecule has 3 N–H and O–H groups in total. The van der Waals surface area contributed by atoms with Crippen LogP contribution in [0.3, 0.4) is 0 Å². The lowest BCUT2D eigenvalue weighted by molar-refractivity contribution is -0.00177. The second-order valence-electron chi connectivity index (χ2n) is 9.09. The standard InChI is InChI=1S/C26H27FN8O2/c1-4-5-23-29-9-8-24(34-23)33-19-11-20(21-7-6-17-10-16(12-28)13-32-35(17)21)30-14-18(19)25(36)31-15-22(27)26(2,3)37/h6-11,13-14,22,37H,4-5,15H2,1-3H3,(H,31,36)(H,29,30,33,34). The van der Waals surface area contributed by atoms with Crippen molar-refractivity contribution in [1.82, 2.24) is 29.9 Å². The number of carbonyl (C=O) groups is 1. The summed E-state index contributed by atoms with van der Waals surface area (Å²) >= 11 is 0. The van der Waals surface area contributed by atoms with Crippen LogP contribution < -0.4 is 10.6 Å². The van der Waals surface area contributed by atoms with Gasteiger partial charge in [0.2, 0.25) is 0 Å². The summed E-state index contributed by atoms with van der Waals surface area (Å²) in [4.78, 5) is 26.2. The van der Waals surface area contributed by atoms with Crippen molar-refractivity contribution >= 4 is 22.9 Å². The summed E-state index contributed by atoms with van der Waals surface area (Å²) in [5.41, 5.74) is 1.28. The van der Waals surface area contributed by atoms with Gasteiger partial charge in [-0.25, -0.2) is 18.9 Å². The van der Waals surface area contributed by atoms with Gasteiger partial charge in [-0.05, 0) is 50.6 Å². The van der Waals surface area contributed by atoms with Gasteiger partial charge in [0, 0.05) is 18.8 Å². The summed E-state index contributed by atoms with van der Waals surface area (Å²) in [6, 6.07) is 10.8. The zero-order valence-corrected chi connectivity index (χ0v) is 20.7. The monoisotopic (exact) mass is 502 g/mol. The number of aromatic nitrogens is 5. The van der Waals surface area contributed by atoms with E-state index in [2.05, 4.69) is 36.8 Å². The first-order chi connectivity index (χ1) is 17.7. The number of pyridine rings is 1. The lowest BCUT2D eigenvalue weighted by atomic mass is 10.0. The second kappa shape index (κ2) is 10.7. The van der Waals surface area contributed by atoms with E-state index in [4.69, 9.17) is 5.26 Å². The Kier molecular flexibility index (Phi) is 7.40. The quantitative estimate of drug-likeness (QED) is 0.315. The third-order valence-electron chi connectivity index (χ3n) is 5.69. The van der Waals surface area contributed by atoms with Gasteiger partial charge in [0.05, 0.1) is 52.1 Å². The summed E-state index contributed by atoms with van der Waals surface area (Å²) in [6.45, 7) is 4.34. The first-order valence-electron chi connectivity index (χ1n) is 11.8. The number of nitrogens with zero attached hydrogens (tertiary/aromatic N) is 6. The van der Waals surface area contributed by atoms with Gasteiger partial charge in [0.15, 0.2) is 0 Å². The van der Waals surface area contributed by atoms with Crippen LogP contribution in [0.25, 0.3) is 16.9 Å². The maximum atomic E-state index is 14.3. The van der Waals surface area contributed by atoms with Crippen LogP contribution in [0.4, 0.5) is 15.9 Å². The SMILES string of the molecule is CCCc1nccc(Nc2cc(-c3ccc4cc(C#N)cnn34)ncc2C(=O)NCC(F)C(C)(C)O)n1. The Bertz CT molecular complexity index is 1470. The molecule has 0 aliphatic heterocycles. The Morgan fingerprint density at radius 2 is 2.05 bits per heavy atom. The fourth-order valence-electron chi connectivity index (χ4n) is 3.61. The van der Waals surface area contributed by atoms with Crippen LogP contribution in [0.15, 0.2) is 48.9 Å². The number of alkyl halides is 1. The number of nitriles is 1. The lowest BCUT2D eigenvalue weighted by Gasteiger charge is -2.22. The van der Waals surface area contributed by atoms with Gasteiger partial charge in [0.25, 0.3) is 5.91 Å². The van der Waals surface area contributed by atoms with Crippen molar-refractivity contribution in [3.63, 3.8) is 0 Å². The molecular formula is C26H27FN8O2. The number of fused-ring (bicyclic) bond motifs is 1. The number of hydrogen-bond donors (Lipinski definition) is 3. The highest BCUT2D eigenvalue weighted by Gasteiger charge is 2.27. The van der Waals surface area contributed by atoms with Gasteiger partial charge in [0.1, 0.15) is 23.9 Å². The van der Waals surface area contributed by atoms with Crippen molar-refractivity contribution in [2.75, 3.05) is 11.9 Å². The normalized spacial score (nSPS) is 12.2. The van der Waals surface area contributed by atoms with Crippen LogP contribution in [0, 0.1) is 11.3 Å². The van der Waals surface area contributed by atoms with Crippen LogP contribution in [0.2, 0.25) is 0 Å². The molecule has 37 heavy (non-hydrogen) atoms. The number of aliphatic hydroxyl groups is 1. The number of carbonyl (C=O) groups excluding carboxylic acids is 1. The number of hydrogen-bond acceptors (Lipinski definition) is 8. The molecule has 0 spiro atoms. The minimum atomic E-state index is -1.66. The Morgan fingerprint density at radius 3 is 2.78 bits per heavy atom. The summed E-state index contributed by atoms with van der Waals surface area (Å²) in [7, 11) is 0. The minimum absolute atomic E-state index is 0.169. The molecule has 1 atom stereocenters. The molecule has 1 amide bonds. The third kappa shape index (κ3) is 5.87. The molecule has 4 aromatic rings. The molecule has 0 radical (unpaired) electrons. The van der Waals surface area contributed by atoms with Crippen LogP contribution in [0.1, 0.15) is 48.9 Å². The van der Waals surface area contributed by atoms with E-state index < -0.39 is 17.7 Å². The molecule has 4 aromatic heterocycles. The van der Waals surface area contributed by atoms with Crippen LogP contribution >= 0.6 is 0 Å². The summed E-state index contributed by atoms with van der Waals surface area (Å²) < 4.78 is 15.9. The fraction of sp³-hybridized carbons (Fsp3) is 0.308. The number of anilines is 2. The Labute approximate surface area is 213 Å². The van der Waals surface area contributed by atoms with E-state index in [9.17, 15) is 14.3 Å². The number of aryl methyl sites for hydroxylation is 1. The largest absolute Gasteiger partial charge is 0.387 e. The Morgan fingerprint density at radius 1 is 1.24 bits per heavy atom. The van der Waals surface area contributed by atoms with Gasteiger partial charge in [-0.15, -0.1) is 0 Å². The van der Waals surface area contributed by atoms with Crippen molar-refractivity contribution in [3.05, 3.63) is 65.9 Å². The molecule has 11 heteroatoms. The number of amides is 1. The average molecular weight is 503 g/mol. The molecule has 0 saturated heterocycles. The van der Waals surface area contributed by atoms with Crippen molar-refractivity contribution in [1.29, 1.82) is 5.26 Å². The molecule has 0 saturated carbocycles. The van der Waals surface area contributed by atoms with Crippen molar-refractivity contribution < 1.29 is 14.3 Å². The highest BCUT2D eigenvalue weighted by Crippen LogP contribution is 2.27. The third-order valence-corrected chi connectivity index (χ3v) is 5.69. The Hall–Kier alpha value is -4.43. The Balaban J connectivity index is 1.71. The molecule has 0 aliphatic carbocycles. The van der Waals surface area contributed by atoms with Gasteiger partial charge < -0.3 is 15.7 Å². The fourth-order valence-corrected chi connectivity index (χ4v) is 3.61. The maximum Gasteiger partial charge on any atom is 0.255 e. The number of rotatable bonds is 9. The van der Waals surface area contributed by atoms with E-state index >= 15 is 0 Å². The zero-order chi connectivity index (χ0) is 26.6. The highest BCUT2D eigenvalue weighted by atomic mass is 19.1. The molecular weight excluding hydrogens is 475 g/mol. The van der Waals surface area contributed by atoms with Crippen LogP contribution in [-0.2, 0) is 6.42 Å². The maximum absolute atomic E-state index is 14.3. The van der Waals surface area contributed by atoms with Crippen molar-refractivity contribution in [2.24, 2.45) is 0 Å². The van der Waals surface area contributed by atoms with E-state index in [0.717, 1.165) is 6.42 Å². The zero-order valence-electron chi connectivity index (χ0n) is 20.7. The van der Waals surface area contributed by atoms with E-state index in [1.54, 1.807) is 28.9 Å². The predicted molar refractivity (Wildman–Crippen MR) is 136 cm³/mol. The number of halogens is 1. The van der Waals surface area contributed by atoms with Gasteiger partial charge in [-0.2, -0.15) is 10.4 Å². The van der Waals surface area contributed by atoms with Crippen molar-refractivity contribution in [2.45, 2.75) is 45.4 Å². The molecule has 10 nitrogen and oxygen atoms in total. The molecule has 0 aliphatic rings. The number of nitrogens with one attached hydrogen (secondary N) is 2. The lowest BCUT2D eigenvalue weighted by Crippen LogP contribution is -2.42. The predicted octanol–water partition coefficient (Wildman–Crippen LogP) is 3.59. The van der Waals surface area contributed by atoms with E-state index in [1.807, 2.05) is 19.1 Å². The molecule has 0 bridgehead atoms. The van der Waals surface area contributed by atoms with E-state index in [-0.39, 0.29) is 12.1 Å². The summed E-state index contributed by atoms with van der Waals surface area (Å²) in [5, 5.41) is 29.0. The van der Waals surface area contributed by atoms with Gasteiger partial charge >= 0.3 is 0 Å². The van der Waals surface area contributed by atoms with E-state index in [1.165, 1.54) is 26.2 Å². The van der Waals surface area contributed by atoms with E-state index in [0.29, 0.717) is 46.2 Å². The molecule has 4 rings (SSSR count). The van der Waals surface area contributed by atoms with Gasteiger partial charge in [-0.3, -0.25) is 9.78 Å².